The number of aryl methyl sites for hydroxylation is 1. The molecule has 156 valence electrons. The zero-order valence-electron chi connectivity index (χ0n) is 17.9. The van der Waals surface area contributed by atoms with E-state index < -0.39 is 0 Å². The van der Waals surface area contributed by atoms with Crippen LogP contribution >= 0.6 is 0 Å². The van der Waals surface area contributed by atoms with Crippen LogP contribution in [0.1, 0.15) is 25.8 Å². The van der Waals surface area contributed by atoms with E-state index in [0.29, 0.717) is 6.04 Å². The standard InChI is InChI=1S/C22H37N5O/c1-4-23-22(27-11-9-21(18-27)26-13-15-28-16-14-26)24-10-12-25(5-2)20-8-6-7-19(3)17-20/h6-8,17,21H,4-5,9-16,18H2,1-3H3,(H,23,24). The minimum atomic E-state index is 0.632. The van der Waals surface area contributed by atoms with Crippen LogP contribution in [0.5, 0.6) is 0 Å². The van der Waals surface area contributed by atoms with E-state index in [4.69, 9.17) is 9.73 Å². The molecule has 2 aliphatic heterocycles. The van der Waals surface area contributed by atoms with Crippen LogP contribution in [0.2, 0.25) is 0 Å². The average molecular weight is 388 g/mol. The number of hydrogen-bond acceptors (Lipinski definition) is 4. The maximum Gasteiger partial charge on any atom is 0.194 e. The largest absolute Gasteiger partial charge is 0.379 e. The second-order valence-electron chi connectivity index (χ2n) is 7.69. The Labute approximate surface area is 170 Å². The van der Waals surface area contributed by atoms with Crippen LogP contribution in [0.15, 0.2) is 29.3 Å². The number of nitrogens with one attached hydrogen (secondary N) is 1. The predicted molar refractivity (Wildman–Crippen MR) is 117 cm³/mol. The summed E-state index contributed by atoms with van der Waals surface area (Å²) in [5, 5.41) is 3.50. The van der Waals surface area contributed by atoms with Crippen LogP contribution in [0, 0.1) is 6.92 Å². The molecule has 3 rings (SSSR count). The fourth-order valence-corrected chi connectivity index (χ4v) is 4.17. The van der Waals surface area contributed by atoms with Crippen molar-refractivity contribution < 1.29 is 4.74 Å². The molecule has 0 aromatic heterocycles. The van der Waals surface area contributed by atoms with E-state index in [2.05, 4.69) is 65.1 Å². The third-order valence-electron chi connectivity index (χ3n) is 5.74. The van der Waals surface area contributed by atoms with E-state index in [1.54, 1.807) is 0 Å². The van der Waals surface area contributed by atoms with Gasteiger partial charge in [-0.25, -0.2) is 0 Å². The number of morpholine rings is 1. The highest BCUT2D eigenvalue weighted by atomic mass is 16.5. The lowest BCUT2D eigenvalue weighted by Crippen LogP contribution is -2.46. The molecule has 0 amide bonds. The summed E-state index contributed by atoms with van der Waals surface area (Å²) in [5.74, 6) is 1.07. The van der Waals surface area contributed by atoms with Gasteiger partial charge in [-0.2, -0.15) is 0 Å². The Morgan fingerprint density at radius 1 is 1.25 bits per heavy atom. The molecular weight excluding hydrogens is 350 g/mol. The van der Waals surface area contributed by atoms with Crippen molar-refractivity contribution >= 4 is 11.6 Å². The van der Waals surface area contributed by atoms with E-state index >= 15 is 0 Å². The summed E-state index contributed by atoms with van der Waals surface area (Å²) >= 11 is 0. The van der Waals surface area contributed by atoms with Crippen LogP contribution in [-0.2, 0) is 4.74 Å². The van der Waals surface area contributed by atoms with Gasteiger partial charge in [-0.3, -0.25) is 9.89 Å². The van der Waals surface area contributed by atoms with Gasteiger partial charge in [-0.05, 0) is 44.9 Å². The van der Waals surface area contributed by atoms with Crippen molar-refractivity contribution in [3.05, 3.63) is 29.8 Å². The Morgan fingerprint density at radius 2 is 2.07 bits per heavy atom. The van der Waals surface area contributed by atoms with Crippen LogP contribution in [-0.4, -0.2) is 87.4 Å². The first-order chi connectivity index (χ1) is 13.7. The number of likely N-dealkylation sites (N-methyl/N-ethyl adjacent to an activating group) is 1. The molecule has 6 nitrogen and oxygen atoms in total. The zero-order chi connectivity index (χ0) is 19.8. The minimum Gasteiger partial charge on any atom is -0.379 e. The van der Waals surface area contributed by atoms with Gasteiger partial charge in [-0.15, -0.1) is 0 Å². The van der Waals surface area contributed by atoms with Crippen LogP contribution < -0.4 is 10.2 Å². The Hall–Kier alpha value is -1.79. The lowest BCUT2D eigenvalue weighted by atomic mass is 10.2. The lowest BCUT2D eigenvalue weighted by molar-refractivity contribution is 0.0195. The molecule has 28 heavy (non-hydrogen) atoms. The van der Waals surface area contributed by atoms with Gasteiger partial charge in [0.1, 0.15) is 0 Å². The van der Waals surface area contributed by atoms with Crippen molar-refractivity contribution in [3.63, 3.8) is 0 Å². The fraction of sp³-hybridized carbons (Fsp3) is 0.682. The molecule has 2 fully saturated rings. The summed E-state index contributed by atoms with van der Waals surface area (Å²) in [7, 11) is 0. The van der Waals surface area contributed by atoms with E-state index in [1.807, 2.05) is 0 Å². The van der Waals surface area contributed by atoms with Crippen molar-refractivity contribution in [3.8, 4) is 0 Å². The number of aliphatic imine (C=N–C) groups is 1. The summed E-state index contributed by atoms with van der Waals surface area (Å²) in [6.45, 7) is 16.2. The van der Waals surface area contributed by atoms with Gasteiger partial charge < -0.3 is 19.9 Å². The third kappa shape index (κ3) is 5.61. The molecule has 0 spiro atoms. The number of likely N-dealkylation sites (tertiary alicyclic amines) is 1. The summed E-state index contributed by atoms with van der Waals surface area (Å²) in [6.07, 6.45) is 1.22. The SMILES string of the molecule is CCNC(=NCCN(CC)c1cccc(C)c1)N1CCC(N2CCOCC2)C1. The molecule has 2 aliphatic rings. The van der Waals surface area contributed by atoms with Crippen LogP contribution in [0.3, 0.4) is 0 Å². The molecule has 1 unspecified atom stereocenters. The number of nitrogens with zero attached hydrogens (tertiary/aromatic N) is 4. The average Bonchev–Trinajstić information content (AvgIpc) is 3.21. The van der Waals surface area contributed by atoms with Crippen molar-refractivity contribution in [2.45, 2.75) is 33.2 Å². The Bertz CT molecular complexity index is 629. The molecule has 1 aromatic carbocycles. The van der Waals surface area contributed by atoms with Crippen LogP contribution in [0.4, 0.5) is 5.69 Å². The fourth-order valence-electron chi connectivity index (χ4n) is 4.17. The molecular formula is C22H37N5O. The van der Waals surface area contributed by atoms with Gasteiger partial charge in [0.05, 0.1) is 19.8 Å². The summed E-state index contributed by atoms with van der Waals surface area (Å²) in [5.41, 5.74) is 2.59. The van der Waals surface area contributed by atoms with Crippen molar-refractivity contribution in [2.75, 3.05) is 70.5 Å². The summed E-state index contributed by atoms with van der Waals surface area (Å²) in [4.78, 5) is 12.4. The maximum atomic E-state index is 5.51. The van der Waals surface area contributed by atoms with E-state index in [-0.39, 0.29) is 0 Å². The monoisotopic (exact) mass is 387 g/mol. The van der Waals surface area contributed by atoms with Gasteiger partial charge in [-0.1, -0.05) is 12.1 Å². The summed E-state index contributed by atoms with van der Waals surface area (Å²) < 4.78 is 5.51. The number of benzene rings is 1. The van der Waals surface area contributed by atoms with Crippen molar-refractivity contribution in [1.29, 1.82) is 0 Å². The molecule has 1 aromatic rings. The minimum absolute atomic E-state index is 0.632. The third-order valence-corrected chi connectivity index (χ3v) is 5.74. The van der Waals surface area contributed by atoms with Gasteiger partial charge in [0.25, 0.3) is 0 Å². The molecule has 1 N–H and O–H groups in total. The quantitative estimate of drug-likeness (QED) is 0.574. The molecule has 0 bridgehead atoms. The Morgan fingerprint density at radius 3 is 2.79 bits per heavy atom. The zero-order valence-corrected chi connectivity index (χ0v) is 17.9. The number of anilines is 1. The molecule has 2 heterocycles. The number of rotatable bonds is 7. The molecule has 6 heteroatoms. The number of ether oxygens (including phenoxy) is 1. The lowest BCUT2D eigenvalue weighted by Gasteiger charge is -2.32. The van der Waals surface area contributed by atoms with Gasteiger partial charge in [0.2, 0.25) is 0 Å². The second-order valence-corrected chi connectivity index (χ2v) is 7.69. The Balaban J connectivity index is 1.56. The first-order valence-electron chi connectivity index (χ1n) is 10.9. The van der Waals surface area contributed by atoms with Crippen LogP contribution in [0.25, 0.3) is 0 Å². The van der Waals surface area contributed by atoms with E-state index in [9.17, 15) is 0 Å². The topological polar surface area (TPSA) is 43.3 Å². The highest BCUT2D eigenvalue weighted by Gasteiger charge is 2.30. The molecule has 0 radical (unpaired) electrons. The normalized spacial score (nSPS) is 21.2. The first-order valence-corrected chi connectivity index (χ1v) is 10.9. The predicted octanol–water partition coefficient (Wildman–Crippen LogP) is 2.19. The first kappa shape index (κ1) is 20.9. The maximum absolute atomic E-state index is 5.51. The molecule has 1 atom stereocenters. The number of hydrogen-bond donors (Lipinski definition) is 1. The number of guanidine groups is 1. The highest BCUT2D eigenvalue weighted by molar-refractivity contribution is 5.80. The van der Waals surface area contributed by atoms with Gasteiger partial charge in [0, 0.05) is 57.5 Å². The van der Waals surface area contributed by atoms with E-state index in [1.165, 1.54) is 17.7 Å². The van der Waals surface area contributed by atoms with Gasteiger partial charge in [0.15, 0.2) is 5.96 Å². The Kier molecular flexibility index (Phi) is 7.98. The van der Waals surface area contributed by atoms with Crippen molar-refractivity contribution in [1.82, 2.24) is 15.1 Å². The summed E-state index contributed by atoms with van der Waals surface area (Å²) in [6, 6.07) is 9.37. The van der Waals surface area contributed by atoms with E-state index in [0.717, 1.165) is 71.5 Å². The molecule has 0 saturated carbocycles. The smallest absolute Gasteiger partial charge is 0.194 e. The van der Waals surface area contributed by atoms with Gasteiger partial charge >= 0.3 is 0 Å². The highest BCUT2D eigenvalue weighted by Crippen LogP contribution is 2.18. The second kappa shape index (κ2) is 10.7. The van der Waals surface area contributed by atoms with Crippen molar-refractivity contribution in [2.24, 2.45) is 4.99 Å². The molecule has 0 aliphatic carbocycles. The molecule has 2 saturated heterocycles.